The quantitative estimate of drug-likeness (QED) is 0.451. The summed E-state index contributed by atoms with van der Waals surface area (Å²) in [5.41, 5.74) is 2.77. The van der Waals surface area contributed by atoms with Crippen LogP contribution in [0.4, 0.5) is 0 Å². The number of carbonyl (C=O) groups is 1. The lowest BCUT2D eigenvalue weighted by atomic mass is 9.92. The van der Waals surface area contributed by atoms with E-state index in [0.717, 1.165) is 25.7 Å². The maximum Gasteiger partial charge on any atom is 0.318 e. The van der Waals surface area contributed by atoms with Crippen LogP contribution in [0.1, 0.15) is 36.8 Å². The maximum atomic E-state index is 11.9. The van der Waals surface area contributed by atoms with Gasteiger partial charge in [-0.15, -0.1) is 0 Å². The second-order valence-corrected chi connectivity index (χ2v) is 5.17. The van der Waals surface area contributed by atoms with Crippen LogP contribution in [0.2, 0.25) is 0 Å². The number of allylic oxidation sites excluding steroid dienone is 1. The highest BCUT2D eigenvalue weighted by atomic mass is 16.5. The van der Waals surface area contributed by atoms with Crippen molar-refractivity contribution in [3.8, 4) is 5.75 Å². The standard InChI is InChI=1S/C16H18O2/c17-16(13-6-2-3-7-13)18-15-10-9-12-5-1-4-8-14(12)11-15/h2,6,9-11,13H,1,3-5,7-8H2. The summed E-state index contributed by atoms with van der Waals surface area (Å²) in [6, 6.07) is 6.09. The van der Waals surface area contributed by atoms with Gasteiger partial charge in [0.2, 0.25) is 0 Å². The van der Waals surface area contributed by atoms with Gasteiger partial charge in [-0.3, -0.25) is 4.79 Å². The molecule has 1 aromatic carbocycles. The third-order valence-corrected chi connectivity index (χ3v) is 3.85. The first-order chi connectivity index (χ1) is 8.83. The fourth-order valence-corrected chi connectivity index (χ4v) is 2.79. The predicted octanol–water partition coefficient (Wildman–Crippen LogP) is 3.44. The first-order valence-corrected chi connectivity index (χ1v) is 6.83. The zero-order valence-corrected chi connectivity index (χ0v) is 10.5. The van der Waals surface area contributed by atoms with Crippen molar-refractivity contribution in [1.29, 1.82) is 0 Å². The largest absolute Gasteiger partial charge is 0.426 e. The highest BCUT2D eigenvalue weighted by molar-refractivity contribution is 5.77. The van der Waals surface area contributed by atoms with Crippen molar-refractivity contribution >= 4 is 5.97 Å². The lowest BCUT2D eigenvalue weighted by molar-refractivity contribution is -0.137. The van der Waals surface area contributed by atoms with Gasteiger partial charge in [-0.1, -0.05) is 18.2 Å². The summed E-state index contributed by atoms with van der Waals surface area (Å²) in [6.07, 6.45) is 10.7. The Morgan fingerprint density at radius 2 is 2.00 bits per heavy atom. The number of fused-ring (bicyclic) bond motifs is 1. The van der Waals surface area contributed by atoms with Crippen molar-refractivity contribution < 1.29 is 9.53 Å². The van der Waals surface area contributed by atoms with Gasteiger partial charge in [0.1, 0.15) is 5.75 Å². The molecule has 2 nitrogen and oxygen atoms in total. The number of carbonyl (C=O) groups excluding carboxylic acids is 1. The number of hydrogen-bond acceptors (Lipinski definition) is 2. The molecule has 0 saturated heterocycles. The average Bonchev–Trinajstić information content (AvgIpc) is 2.92. The number of ether oxygens (including phenoxy) is 1. The van der Waals surface area contributed by atoms with Crippen molar-refractivity contribution in [1.82, 2.24) is 0 Å². The molecule has 0 heterocycles. The summed E-state index contributed by atoms with van der Waals surface area (Å²) in [4.78, 5) is 11.9. The molecule has 0 amide bonds. The predicted molar refractivity (Wildman–Crippen MR) is 70.6 cm³/mol. The third-order valence-electron chi connectivity index (χ3n) is 3.85. The van der Waals surface area contributed by atoms with Gasteiger partial charge >= 0.3 is 5.97 Å². The summed E-state index contributed by atoms with van der Waals surface area (Å²) < 4.78 is 5.47. The van der Waals surface area contributed by atoms with E-state index in [1.54, 1.807) is 0 Å². The zero-order valence-electron chi connectivity index (χ0n) is 10.5. The smallest absolute Gasteiger partial charge is 0.318 e. The Balaban J connectivity index is 1.72. The topological polar surface area (TPSA) is 26.3 Å². The molecule has 0 N–H and O–H groups in total. The van der Waals surface area contributed by atoms with Crippen LogP contribution in [-0.4, -0.2) is 5.97 Å². The Morgan fingerprint density at radius 3 is 2.78 bits per heavy atom. The van der Waals surface area contributed by atoms with Crippen molar-refractivity contribution in [2.75, 3.05) is 0 Å². The van der Waals surface area contributed by atoms with E-state index in [1.807, 2.05) is 18.2 Å². The van der Waals surface area contributed by atoms with Gasteiger partial charge in [-0.2, -0.15) is 0 Å². The minimum atomic E-state index is -0.112. The fourth-order valence-electron chi connectivity index (χ4n) is 2.79. The van der Waals surface area contributed by atoms with E-state index in [1.165, 1.54) is 24.0 Å². The van der Waals surface area contributed by atoms with Crippen LogP contribution in [-0.2, 0) is 17.6 Å². The Labute approximate surface area is 108 Å². The van der Waals surface area contributed by atoms with E-state index < -0.39 is 0 Å². The summed E-state index contributed by atoms with van der Waals surface area (Å²) in [7, 11) is 0. The Kier molecular flexibility index (Phi) is 3.18. The van der Waals surface area contributed by atoms with Crippen LogP contribution < -0.4 is 4.74 Å². The summed E-state index contributed by atoms with van der Waals surface area (Å²) in [6.45, 7) is 0. The van der Waals surface area contributed by atoms with E-state index in [4.69, 9.17) is 4.74 Å². The molecule has 0 aromatic heterocycles. The molecule has 18 heavy (non-hydrogen) atoms. The Bertz CT molecular complexity index is 488. The lowest BCUT2D eigenvalue weighted by Crippen LogP contribution is -2.17. The Hall–Kier alpha value is -1.57. The molecule has 2 heteroatoms. The van der Waals surface area contributed by atoms with Crippen molar-refractivity contribution in [2.45, 2.75) is 38.5 Å². The highest BCUT2D eigenvalue weighted by Crippen LogP contribution is 2.26. The molecule has 0 radical (unpaired) electrons. The molecule has 2 aliphatic carbocycles. The van der Waals surface area contributed by atoms with E-state index in [-0.39, 0.29) is 11.9 Å². The van der Waals surface area contributed by atoms with Gasteiger partial charge in [-0.05, 0) is 61.8 Å². The van der Waals surface area contributed by atoms with Crippen LogP contribution in [0.3, 0.4) is 0 Å². The first-order valence-electron chi connectivity index (χ1n) is 6.83. The number of benzene rings is 1. The summed E-state index contributed by atoms with van der Waals surface area (Å²) in [5.74, 6) is 0.557. The first kappa shape index (κ1) is 11.5. The van der Waals surface area contributed by atoms with Gasteiger partial charge in [0.05, 0.1) is 5.92 Å². The average molecular weight is 242 g/mol. The van der Waals surface area contributed by atoms with Crippen LogP contribution in [0.25, 0.3) is 0 Å². The van der Waals surface area contributed by atoms with Gasteiger partial charge in [0.15, 0.2) is 0 Å². The lowest BCUT2D eigenvalue weighted by Gasteiger charge is -2.16. The van der Waals surface area contributed by atoms with Crippen molar-refractivity contribution in [3.63, 3.8) is 0 Å². The Morgan fingerprint density at radius 1 is 1.17 bits per heavy atom. The normalized spacial score (nSPS) is 21.7. The summed E-state index contributed by atoms with van der Waals surface area (Å²) in [5, 5.41) is 0. The molecular weight excluding hydrogens is 224 g/mol. The SMILES string of the molecule is O=C(Oc1ccc2c(c1)CCCC2)C1C=CCC1. The highest BCUT2D eigenvalue weighted by Gasteiger charge is 2.20. The molecule has 0 bridgehead atoms. The van der Waals surface area contributed by atoms with Crippen molar-refractivity contribution in [3.05, 3.63) is 41.5 Å². The van der Waals surface area contributed by atoms with Crippen LogP contribution in [0.5, 0.6) is 5.75 Å². The maximum absolute atomic E-state index is 11.9. The monoisotopic (exact) mass is 242 g/mol. The zero-order chi connectivity index (χ0) is 12.4. The molecule has 94 valence electrons. The molecular formula is C16H18O2. The van der Waals surface area contributed by atoms with Crippen LogP contribution >= 0.6 is 0 Å². The number of esters is 1. The van der Waals surface area contributed by atoms with E-state index >= 15 is 0 Å². The second-order valence-electron chi connectivity index (χ2n) is 5.17. The van der Waals surface area contributed by atoms with E-state index in [0.29, 0.717) is 5.75 Å². The van der Waals surface area contributed by atoms with Crippen molar-refractivity contribution in [2.24, 2.45) is 5.92 Å². The number of aryl methyl sites for hydroxylation is 2. The van der Waals surface area contributed by atoms with Gasteiger partial charge < -0.3 is 4.74 Å². The third kappa shape index (κ3) is 2.33. The van der Waals surface area contributed by atoms with Gasteiger partial charge in [0, 0.05) is 0 Å². The van der Waals surface area contributed by atoms with Crippen LogP contribution in [0, 0.1) is 5.92 Å². The number of hydrogen-bond donors (Lipinski definition) is 0. The molecule has 0 aliphatic heterocycles. The molecule has 1 aromatic rings. The molecule has 2 aliphatic rings. The molecule has 0 fully saturated rings. The second kappa shape index (κ2) is 4.97. The number of rotatable bonds is 2. The minimum Gasteiger partial charge on any atom is -0.426 e. The fraction of sp³-hybridized carbons (Fsp3) is 0.438. The minimum absolute atomic E-state index is 0.0407. The molecule has 1 unspecified atom stereocenters. The van der Waals surface area contributed by atoms with Crippen LogP contribution in [0.15, 0.2) is 30.4 Å². The summed E-state index contributed by atoms with van der Waals surface area (Å²) >= 11 is 0. The molecule has 0 saturated carbocycles. The molecule has 0 spiro atoms. The van der Waals surface area contributed by atoms with E-state index in [9.17, 15) is 4.79 Å². The van der Waals surface area contributed by atoms with E-state index in [2.05, 4.69) is 12.1 Å². The molecule has 1 atom stereocenters. The van der Waals surface area contributed by atoms with Gasteiger partial charge in [-0.25, -0.2) is 0 Å². The molecule has 3 rings (SSSR count). The van der Waals surface area contributed by atoms with Gasteiger partial charge in [0.25, 0.3) is 0 Å².